The van der Waals surface area contributed by atoms with Crippen LogP contribution in [0, 0.1) is 5.82 Å². The van der Waals surface area contributed by atoms with Gasteiger partial charge in [0.05, 0.1) is 21.9 Å². The van der Waals surface area contributed by atoms with Crippen LogP contribution in [-0.4, -0.2) is 4.57 Å². The van der Waals surface area contributed by atoms with E-state index in [1.54, 1.807) is 0 Å². The van der Waals surface area contributed by atoms with E-state index in [2.05, 4.69) is 5.43 Å². The van der Waals surface area contributed by atoms with E-state index in [4.69, 9.17) is 33.8 Å². The first-order chi connectivity index (χ1) is 11.5. The van der Waals surface area contributed by atoms with Crippen LogP contribution in [0.4, 0.5) is 10.1 Å². The predicted octanol–water partition coefficient (Wildman–Crippen LogP) is 4.49. The van der Waals surface area contributed by atoms with E-state index >= 15 is 0 Å². The Labute approximate surface area is 148 Å². The molecular formula is C16H16Cl2FN3O2. The summed E-state index contributed by atoms with van der Waals surface area (Å²) >= 11 is 12.3. The number of ether oxygens (including phenoxy) is 1. The number of rotatable bonds is 4. The number of anilines is 1. The SMILES string of the molecule is NNc1cc(Cl)c(Oc2cc(F)c(=O)n(C3CCCC3)c2)c(Cl)c1. The van der Waals surface area contributed by atoms with Gasteiger partial charge >= 0.3 is 0 Å². The van der Waals surface area contributed by atoms with Gasteiger partial charge in [-0.25, -0.2) is 4.39 Å². The highest BCUT2D eigenvalue weighted by atomic mass is 35.5. The van der Waals surface area contributed by atoms with E-state index in [1.807, 2.05) is 0 Å². The minimum absolute atomic E-state index is 0.00897. The molecule has 5 nitrogen and oxygen atoms in total. The van der Waals surface area contributed by atoms with Crippen molar-refractivity contribution < 1.29 is 9.13 Å². The molecule has 0 aliphatic heterocycles. The van der Waals surface area contributed by atoms with Crippen LogP contribution in [0.3, 0.4) is 0 Å². The van der Waals surface area contributed by atoms with E-state index in [1.165, 1.54) is 22.9 Å². The van der Waals surface area contributed by atoms with E-state index in [-0.39, 0.29) is 27.6 Å². The van der Waals surface area contributed by atoms with Crippen molar-refractivity contribution >= 4 is 28.9 Å². The molecule has 2 aromatic rings. The van der Waals surface area contributed by atoms with Gasteiger partial charge in [0.1, 0.15) is 5.75 Å². The number of hydrogen-bond acceptors (Lipinski definition) is 4. The first-order valence-electron chi connectivity index (χ1n) is 7.55. The summed E-state index contributed by atoms with van der Waals surface area (Å²) in [6.45, 7) is 0. The van der Waals surface area contributed by atoms with Gasteiger partial charge in [-0.2, -0.15) is 0 Å². The van der Waals surface area contributed by atoms with Crippen LogP contribution in [0.1, 0.15) is 31.7 Å². The normalized spacial score (nSPS) is 14.8. The summed E-state index contributed by atoms with van der Waals surface area (Å²) in [5, 5.41) is 0.434. The molecule has 1 heterocycles. The second-order valence-electron chi connectivity index (χ2n) is 5.69. The largest absolute Gasteiger partial charge is 0.453 e. The van der Waals surface area contributed by atoms with Gasteiger partial charge in [0.15, 0.2) is 11.6 Å². The van der Waals surface area contributed by atoms with Crippen molar-refractivity contribution in [2.75, 3.05) is 5.43 Å². The van der Waals surface area contributed by atoms with E-state index in [0.717, 1.165) is 31.7 Å². The van der Waals surface area contributed by atoms with Crippen LogP contribution in [-0.2, 0) is 0 Å². The highest BCUT2D eigenvalue weighted by Gasteiger charge is 2.21. The third-order valence-electron chi connectivity index (χ3n) is 4.08. The Morgan fingerprint density at radius 3 is 2.42 bits per heavy atom. The minimum Gasteiger partial charge on any atom is -0.453 e. The quantitative estimate of drug-likeness (QED) is 0.613. The third kappa shape index (κ3) is 3.36. The van der Waals surface area contributed by atoms with Crippen molar-refractivity contribution in [1.29, 1.82) is 0 Å². The number of hydrazine groups is 1. The van der Waals surface area contributed by atoms with E-state index in [9.17, 15) is 9.18 Å². The molecule has 3 rings (SSSR count). The van der Waals surface area contributed by atoms with E-state index < -0.39 is 11.4 Å². The standard InChI is InChI=1S/C16H16Cl2FN3O2/c17-12-5-9(21-20)6-13(18)15(12)24-11-7-14(19)16(23)22(8-11)10-3-1-2-4-10/h5-8,10,21H,1-4,20H2. The molecule has 0 amide bonds. The molecule has 0 bridgehead atoms. The molecule has 1 aliphatic rings. The van der Waals surface area contributed by atoms with Gasteiger partial charge in [-0.05, 0) is 25.0 Å². The Kier molecular flexibility index (Phi) is 4.99. The maximum Gasteiger partial charge on any atom is 0.287 e. The number of nitrogens with zero attached hydrogens (tertiary/aromatic N) is 1. The fourth-order valence-electron chi connectivity index (χ4n) is 2.91. The molecular weight excluding hydrogens is 356 g/mol. The fourth-order valence-corrected chi connectivity index (χ4v) is 3.48. The summed E-state index contributed by atoms with van der Waals surface area (Å²) < 4.78 is 21.1. The van der Waals surface area contributed by atoms with Gasteiger partial charge in [-0.1, -0.05) is 36.0 Å². The maximum absolute atomic E-state index is 14.0. The summed E-state index contributed by atoms with van der Waals surface area (Å²) in [5.41, 5.74) is 2.30. The lowest BCUT2D eigenvalue weighted by Crippen LogP contribution is -2.25. The number of nitrogen functional groups attached to an aromatic ring is 1. The van der Waals surface area contributed by atoms with Crippen molar-refractivity contribution in [2.45, 2.75) is 31.7 Å². The monoisotopic (exact) mass is 371 g/mol. The number of aromatic nitrogens is 1. The van der Waals surface area contributed by atoms with Crippen molar-refractivity contribution in [2.24, 2.45) is 5.84 Å². The smallest absolute Gasteiger partial charge is 0.287 e. The summed E-state index contributed by atoms with van der Waals surface area (Å²) in [6.07, 6.45) is 5.25. The van der Waals surface area contributed by atoms with Gasteiger partial charge in [0.25, 0.3) is 5.56 Å². The Balaban J connectivity index is 1.97. The zero-order chi connectivity index (χ0) is 17.3. The molecule has 24 heavy (non-hydrogen) atoms. The van der Waals surface area contributed by atoms with Crippen LogP contribution < -0.4 is 21.6 Å². The molecule has 1 aromatic heterocycles. The third-order valence-corrected chi connectivity index (χ3v) is 4.64. The summed E-state index contributed by atoms with van der Waals surface area (Å²) in [4.78, 5) is 12.0. The lowest BCUT2D eigenvalue weighted by molar-refractivity contribution is 0.433. The number of hydrogen-bond donors (Lipinski definition) is 2. The van der Waals surface area contributed by atoms with Crippen molar-refractivity contribution in [1.82, 2.24) is 4.57 Å². The van der Waals surface area contributed by atoms with Crippen molar-refractivity contribution in [3.8, 4) is 11.5 Å². The lowest BCUT2D eigenvalue weighted by atomic mass is 10.2. The molecule has 0 unspecified atom stereocenters. The zero-order valence-corrected chi connectivity index (χ0v) is 14.2. The Morgan fingerprint density at radius 1 is 1.21 bits per heavy atom. The van der Waals surface area contributed by atoms with Gasteiger partial charge in [-0.15, -0.1) is 0 Å². The molecule has 3 N–H and O–H groups in total. The topological polar surface area (TPSA) is 69.3 Å². The Morgan fingerprint density at radius 2 is 1.83 bits per heavy atom. The number of nitrogens with one attached hydrogen (secondary N) is 1. The average Bonchev–Trinajstić information content (AvgIpc) is 3.08. The van der Waals surface area contributed by atoms with E-state index in [0.29, 0.717) is 5.69 Å². The van der Waals surface area contributed by atoms with Crippen LogP contribution in [0.15, 0.2) is 29.2 Å². The lowest BCUT2D eigenvalue weighted by Gasteiger charge is -2.16. The molecule has 0 spiro atoms. The first kappa shape index (κ1) is 17.1. The Hall–Kier alpha value is -1.76. The maximum atomic E-state index is 14.0. The number of benzene rings is 1. The molecule has 128 valence electrons. The second kappa shape index (κ2) is 7.01. The van der Waals surface area contributed by atoms with Gasteiger partial charge in [0.2, 0.25) is 0 Å². The summed E-state index contributed by atoms with van der Waals surface area (Å²) in [7, 11) is 0. The molecule has 1 aliphatic carbocycles. The molecule has 8 heteroatoms. The molecule has 0 atom stereocenters. The van der Waals surface area contributed by atoms with Crippen LogP contribution in [0.2, 0.25) is 10.0 Å². The van der Waals surface area contributed by atoms with Crippen LogP contribution in [0.25, 0.3) is 0 Å². The van der Waals surface area contributed by atoms with Crippen LogP contribution >= 0.6 is 23.2 Å². The molecule has 0 radical (unpaired) electrons. The second-order valence-corrected chi connectivity index (χ2v) is 6.50. The van der Waals surface area contributed by atoms with Gasteiger partial charge in [-0.3, -0.25) is 10.6 Å². The summed E-state index contributed by atoms with van der Waals surface area (Å²) in [5.74, 6) is 4.79. The minimum atomic E-state index is -0.869. The predicted molar refractivity (Wildman–Crippen MR) is 92.5 cm³/mol. The number of pyridine rings is 1. The first-order valence-corrected chi connectivity index (χ1v) is 8.30. The molecule has 1 saturated carbocycles. The summed E-state index contributed by atoms with van der Waals surface area (Å²) in [6, 6.07) is 4.10. The van der Waals surface area contributed by atoms with Crippen molar-refractivity contribution in [3.05, 3.63) is 50.6 Å². The molecule has 1 aromatic carbocycles. The van der Waals surface area contributed by atoms with Crippen LogP contribution in [0.5, 0.6) is 11.5 Å². The number of nitrogens with two attached hydrogens (primary N) is 1. The number of halogens is 3. The van der Waals surface area contributed by atoms with Gasteiger partial charge in [0, 0.05) is 12.1 Å². The van der Waals surface area contributed by atoms with Gasteiger partial charge < -0.3 is 14.7 Å². The highest BCUT2D eigenvalue weighted by molar-refractivity contribution is 6.37. The zero-order valence-electron chi connectivity index (χ0n) is 12.7. The van der Waals surface area contributed by atoms with Crippen molar-refractivity contribution in [3.63, 3.8) is 0 Å². The average molecular weight is 372 g/mol. The highest BCUT2D eigenvalue weighted by Crippen LogP contribution is 2.39. The molecule has 1 fully saturated rings. The molecule has 0 saturated heterocycles. The fraction of sp³-hybridized carbons (Fsp3) is 0.312. The Bertz CT molecular complexity index is 796.